The summed E-state index contributed by atoms with van der Waals surface area (Å²) >= 11 is 0. The molecule has 0 saturated carbocycles. The third-order valence-electron chi connectivity index (χ3n) is 5.06. The second-order valence-electron chi connectivity index (χ2n) is 7.08. The van der Waals surface area contributed by atoms with E-state index in [9.17, 15) is 17.2 Å². The second kappa shape index (κ2) is 8.21. The molecule has 4 rings (SSSR count). The van der Waals surface area contributed by atoms with Gasteiger partial charge in [-0.05, 0) is 24.6 Å². The third kappa shape index (κ3) is 4.11. The van der Waals surface area contributed by atoms with Gasteiger partial charge >= 0.3 is 0 Å². The molecule has 0 N–H and O–H groups in total. The number of nitrogens with zero attached hydrogens (tertiary/aromatic N) is 4. The predicted octanol–water partition coefficient (Wildman–Crippen LogP) is 2.83. The highest BCUT2D eigenvalue weighted by molar-refractivity contribution is 7.89. The Balaban J connectivity index is 1.40. The minimum Gasteiger partial charge on any atom is -0.338 e. The number of halogens is 2. The highest BCUT2D eigenvalue weighted by Crippen LogP contribution is 2.23. The minimum absolute atomic E-state index is 0.179. The molecule has 1 fully saturated rings. The summed E-state index contributed by atoms with van der Waals surface area (Å²) in [5.41, 5.74) is 1.93. The van der Waals surface area contributed by atoms with Gasteiger partial charge in [-0.3, -0.25) is 4.90 Å². The standard InChI is InChI=1S/C20H20F2N4O3S/c1-14-4-2-3-5-16(14)20-23-19(29-24-20)13-25-8-10-26(11-9-25)30(27,28)18-7-6-15(21)12-17(18)22/h2-7,12H,8-11,13H2,1H3. The monoisotopic (exact) mass is 434 g/mol. The van der Waals surface area contributed by atoms with Crippen LogP contribution >= 0.6 is 0 Å². The molecule has 10 heteroatoms. The predicted molar refractivity (Wildman–Crippen MR) is 105 cm³/mol. The van der Waals surface area contributed by atoms with Gasteiger partial charge in [-0.25, -0.2) is 17.2 Å². The first-order chi connectivity index (χ1) is 14.3. The van der Waals surface area contributed by atoms with Crippen molar-refractivity contribution in [1.29, 1.82) is 0 Å². The molecule has 0 amide bonds. The molecule has 158 valence electrons. The lowest BCUT2D eigenvalue weighted by atomic mass is 10.1. The van der Waals surface area contributed by atoms with Gasteiger partial charge < -0.3 is 4.52 Å². The number of hydrogen-bond donors (Lipinski definition) is 0. The van der Waals surface area contributed by atoms with Crippen molar-refractivity contribution in [2.45, 2.75) is 18.4 Å². The molecule has 0 atom stereocenters. The van der Waals surface area contributed by atoms with Crippen LogP contribution < -0.4 is 0 Å². The van der Waals surface area contributed by atoms with Crippen LogP contribution in [0.3, 0.4) is 0 Å². The van der Waals surface area contributed by atoms with E-state index in [2.05, 4.69) is 10.1 Å². The molecule has 0 bridgehead atoms. The van der Waals surface area contributed by atoms with E-state index >= 15 is 0 Å². The van der Waals surface area contributed by atoms with Crippen LogP contribution in [0.1, 0.15) is 11.5 Å². The Kier molecular flexibility index (Phi) is 5.63. The number of hydrogen-bond acceptors (Lipinski definition) is 6. The maximum absolute atomic E-state index is 14.0. The number of aryl methyl sites for hydroxylation is 1. The smallest absolute Gasteiger partial charge is 0.246 e. The molecule has 1 saturated heterocycles. The highest BCUT2D eigenvalue weighted by Gasteiger charge is 2.31. The van der Waals surface area contributed by atoms with Gasteiger partial charge in [0.15, 0.2) is 0 Å². The number of aromatic nitrogens is 2. The normalized spacial score (nSPS) is 16.1. The summed E-state index contributed by atoms with van der Waals surface area (Å²) in [6.45, 7) is 3.55. The van der Waals surface area contributed by atoms with Gasteiger partial charge in [0.1, 0.15) is 16.5 Å². The average molecular weight is 434 g/mol. The molecule has 0 unspecified atom stereocenters. The van der Waals surface area contributed by atoms with Crippen LogP contribution in [-0.4, -0.2) is 53.9 Å². The summed E-state index contributed by atoms with van der Waals surface area (Å²) in [5, 5.41) is 4.03. The Morgan fingerprint density at radius 2 is 1.80 bits per heavy atom. The van der Waals surface area contributed by atoms with Gasteiger partial charge in [-0.1, -0.05) is 29.4 Å². The summed E-state index contributed by atoms with van der Waals surface area (Å²) in [5.74, 6) is -0.960. The molecule has 0 aliphatic carbocycles. The Morgan fingerprint density at radius 1 is 1.07 bits per heavy atom. The van der Waals surface area contributed by atoms with Crippen LogP contribution in [0.2, 0.25) is 0 Å². The SMILES string of the molecule is Cc1ccccc1-c1noc(CN2CCN(S(=O)(=O)c3ccc(F)cc3F)CC2)n1. The molecular weight excluding hydrogens is 414 g/mol. The van der Waals surface area contributed by atoms with Crippen molar-refractivity contribution in [3.05, 3.63) is 65.6 Å². The van der Waals surface area contributed by atoms with Crippen molar-refractivity contribution in [1.82, 2.24) is 19.3 Å². The van der Waals surface area contributed by atoms with E-state index in [1.165, 1.54) is 4.31 Å². The maximum atomic E-state index is 14.0. The van der Waals surface area contributed by atoms with Crippen molar-refractivity contribution in [3.63, 3.8) is 0 Å². The van der Waals surface area contributed by atoms with E-state index < -0.39 is 26.6 Å². The van der Waals surface area contributed by atoms with E-state index in [-0.39, 0.29) is 13.1 Å². The van der Waals surface area contributed by atoms with Crippen molar-refractivity contribution in [3.8, 4) is 11.4 Å². The van der Waals surface area contributed by atoms with Crippen molar-refractivity contribution in [2.75, 3.05) is 26.2 Å². The minimum atomic E-state index is -4.03. The molecule has 0 radical (unpaired) electrons. The van der Waals surface area contributed by atoms with Gasteiger partial charge in [-0.2, -0.15) is 9.29 Å². The van der Waals surface area contributed by atoms with E-state index in [0.29, 0.717) is 37.4 Å². The number of sulfonamides is 1. The first-order valence-electron chi connectivity index (χ1n) is 9.41. The first-order valence-corrected chi connectivity index (χ1v) is 10.8. The summed E-state index contributed by atoms with van der Waals surface area (Å²) < 4.78 is 59.0. The van der Waals surface area contributed by atoms with Crippen LogP contribution in [0.4, 0.5) is 8.78 Å². The molecule has 2 heterocycles. The largest absolute Gasteiger partial charge is 0.338 e. The topological polar surface area (TPSA) is 79.5 Å². The lowest BCUT2D eigenvalue weighted by molar-refractivity contribution is 0.163. The first kappa shape index (κ1) is 20.6. The molecule has 0 spiro atoms. The zero-order chi connectivity index (χ0) is 21.3. The second-order valence-corrected chi connectivity index (χ2v) is 8.99. The van der Waals surface area contributed by atoms with Crippen molar-refractivity contribution in [2.24, 2.45) is 0 Å². The summed E-state index contributed by atoms with van der Waals surface area (Å²) in [4.78, 5) is 5.91. The van der Waals surface area contributed by atoms with E-state index in [1.807, 2.05) is 36.1 Å². The zero-order valence-corrected chi connectivity index (χ0v) is 17.1. The quantitative estimate of drug-likeness (QED) is 0.615. The summed E-state index contributed by atoms with van der Waals surface area (Å²) in [6.07, 6.45) is 0. The Labute approximate surface area is 173 Å². The average Bonchev–Trinajstić information content (AvgIpc) is 3.16. The van der Waals surface area contributed by atoms with E-state index in [4.69, 9.17) is 4.52 Å². The molecule has 1 aliphatic rings. The van der Waals surface area contributed by atoms with Gasteiger partial charge in [0.2, 0.25) is 21.7 Å². The van der Waals surface area contributed by atoms with Crippen LogP contribution in [0, 0.1) is 18.6 Å². The Bertz CT molecular complexity index is 1160. The van der Waals surface area contributed by atoms with Crippen molar-refractivity contribution >= 4 is 10.0 Å². The highest BCUT2D eigenvalue weighted by atomic mass is 32.2. The number of rotatable bonds is 5. The fraction of sp³-hybridized carbons (Fsp3) is 0.300. The molecule has 1 aliphatic heterocycles. The van der Waals surface area contributed by atoms with Crippen LogP contribution in [0.15, 0.2) is 51.9 Å². The number of benzene rings is 2. The van der Waals surface area contributed by atoms with Crippen molar-refractivity contribution < 1.29 is 21.7 Å². The maximum Gasteiger partial charge on any atom is 0.246 e. The fourth-order valence-electron chi connectivity index (χ4n) is 3.40. The van der Waals surface area contributed by atoms with Gasteiger partial charge in [0, 0.05) is 37.8 Å². The summed E-state index contributed by atoms with van der Waals surface area (Å²) in [6, 6.07) is 10.2. The zero-order valence-electron chi connectivity index (χ0n) is 16.3. The van der Waals surface area contributed by atoms with Gasteiger partial charge in [-0.15, -0.1) is 0 Å². The molecule has 1 aromatic heterocycles. The summed E-state index contributed by atoms with van der Waals surface area (Å²) in [7, 11) is -4.03. The van der Waals surface area contributed by atoms with Crippen LogP contribution in [0.5, 0.6) is 0 Å². The molecule has 30 heavy (non-hydrogen) atoms. The molecular formula is C20H20F2N4O3S. The Hall–Kier alpha value is -2.69. The van der Waals surface area contributed by atoms with Crippen LogP contribution in [0.25, 0.3) is 11.4 Å². The van der Waals surface area contributed by atoms with E-state index in [0.717, 1.165) is 23.3 Å². The van der Waals surface area contributed by atoms with Crippen LogP contribution in [-0.2, 0) is 16.6 Å². The van der Waals surface area contributed by atoms with E-state index in [1.54, 1.807) is 0 Å². The van der Waals surface area contributed by atoms with Gasteiger partial charge in [0.05, 0.1) is 6.54 Å². The number of piperazine rings is 1. The fourth-order valence-corrected chi connectivity index (χ4v) is 4.86. The lowest BCUT2D eigenvalue weighted by Crippen LogP contribution is -2.48. The molecule has 7 nitrogen and oxygen atoms in total. The Morgan fingerprint density at radius 3 is 2.50 bits per heavy atom. The third-order valence-corrected chi connectivity index (χ3v) is 6.99. The molecule has 3 aromatic rings. The lowest BCUT2D eigenvalue weighted by Gasteiger charge is -2.33. The molecule has 2 aromatic carbocycles. The van der Waals surface area contributed by atoms with Gasteiger partial charge in [0.25, 0.3) is 0 Å².